The van der Waals surface area contributed by atoms with Gasteiger partial charge in [-0.25, -0.2) is 4.79 Å². The molecule has 50 heavy (non-hydrogen) atoms. The summed E-state index contributed by atoms with van der Waals surface area (Å²) in [5, 5.41) is 13.8. The maximum atomic E-state index is 13.7. The summed E-state index contributed by atoms with van der Waals surface area (Å²) >= 11 is 0. The minimum Gasteiger partial charge on any atom is -0.451 e. The van der Waals surface area contributed by atoms with Crippen molar-refractivity contribution in [3.05, 3.63) is 138 Å². The molecule has 264 valence electrons. The first-order chi connectivity index (χ1) is 24.0. The highest BCUT2D eigenvalue weighted by Crippen LogP contribution is 2.31. The van der Waals surface area contributed by atoms with Crippen LogP contribution in [0.15, 0.2) is 120 Å². The number of ether oxygens (including phenoxy) is 4. The van der Waals surface area contributed by atoms with Crippen LogP contribution in [0.5, 0.6) is 0 Å². The lowest BCUT2D eigenvalue weighted by molar-refractivity contribution is -0.277. The Labute approximate surface area is 292 Å². The highest BCUT2D eigenvalue weighted by atomic mass is 32.2. The second-order valence-electron chi connectivity index (χ2n) is 12.0. The van der Waals surface area contributed by atoms with Crippen LogP contribution in [-0.2, 0) is 49.4 Å². The summed E-state index contributed by atoms with van der Waals surface area (Å²) in [5.41, 5.74) is 3.13. The molecule has 0 aromatic heterocycles. The molecule has 0 saturated carbocycles. The predicted molar refractivity (Wildman–Crippen MR) is 183 cm³/mol. The molecule has 1 heterocycles. The van der Waals surface area contributed by atoms with Crippen molar-refractivity contribution in [1.29, 1.82) is 0 Å². The average molecular weight is 704 g/mol. The number of carbonyl (C=O) groups is 2. The maximum Gasteiger partial charge on any atom is 0.335 e. The molecule has 5 rings (SSSR count). The molecule has 1 amide bonds. The van der Waals surface area contributed by atoms with E-state index in [2.05, 4.69) is 5.32 Å². The fraction of sp³-hybridized carbons (Fsp3) is 0.316. The molecule has 2 N–H and O–H groups in total. The number of hydrogen-bond acceptors (Lipinski definition) is 10. The fourth-order valence-corrected chi connectivity index (χ4v) is 6.51. The molecule has 4 aromatic carbocycles. The van der Waals surface area contributed by atoms with Crippen molar-refractivity contribution in [2.75, 3.05) is 6.61 Å². The highest BCUT2D eigenvalue weighted by molar-refractivity contribution is 7.86. The van der Waals surface area contributed by atoms with Crippen LogP contribution >= 0.6 is 0 Å². The van der Waals surface area contributed by atoms with Crippen molar-refractivity contribution in [2.45, 2.75) is 75.1 Å². The van der Waals surface area contributed by atoms with E-state index < -0.39 is 71.5 Å². The molecule has 0 bridgehead atoms. The fourth-order valence-electron chi connectivity index (χ4n) is 5.59. The maximum absolute atomic E-state index is 13.7. The van der Waals surface area contributed by atoms with Crippen LogP contribution in [0.25, 0.3) is 0 Å². The van der Waals surface area contributed by atoms with Crippen molar-refractivity contribution in [3.63, 3.8) is 0 Å². The standard InChI is InChI=1S/C38H41NO10S/c1-25-19-21-31(22-20-25)50(43,44)46-24-32-35(45-23-28-13-7-4-8-14-28)36(33(38(42)48-32)39-27(3)40)47-26(2)37(41)49-34(29-15-9-5-10-16-29)30-17-11-6-12-18-30/h4-22,26,32-36,38,42H,23-24H2,1-3H3,(H,39,40)/t26?,32-,33-,35-,36-,38-/m1/s1. The number of benzene rings is 4. The van der Waals surface area contributed by atoms with Gasteiger partial charge in [0, 0.05) is 6.92 Å². The SMILES string of the molecule is CC(=O)N[C@@H]1[C@@H](OC(C)C(=O)OC(c2ccccc2)c2ccccc2)[C@H](OCc2ccccc2)[C@@H](COS(=O)(=O)c2ccc(C)cc2)O[C@H]1O. The van der Waals surface area contributed by atoms with Crippen molar-refractivity contribution in [2.24, 2.45) is 0 Å². The van der Waals surface area contributed by atoms with Crippen molar-refractivity contribution < 1.29 is 46.2 Å². The highest BCUT2D eigenvalue weighted by Gasteiger charge is 2.49. The van der Waals surface area contributed by atoms with Crippen LogP contribution in [0.3, 0.4) is 0 Å². The van der Waals surface area contributed by atoms with E-state index in [-0.39, 0.29) is 11.5 Å². The molecule has 1 saturated heterocycles. The van der Waals surface area contributed by atoms with E-state index in [1.54, 1.807) is 12.1 Å². The Hall–Kier alpha value is -4.43. The Morgan fingerprint density at radius 2 is 1.40 bits per heavy atom. The van der Waals surface area contributed by atoms with Crippen molar-refractivity contribution in [1.82, 2.24) is 5.32 Å². The van der Waals surface area contributed by atoms with Gasteiger partial charge in [-0.3, -0.25) is 8.98 Å². The first-order valence-electron chi connectivity index (χ1n) is 16.2. The predicted octanol–water partition coefficient (Wildman–Crippen LogP) is 4.61. The quantitative estimate of drug-likeness (QED) is 0.141. The normalized spacial score (nSPS) is 21.3. The van der Waals surface area contributed by atoms with E-state index >= 15 is 0 Å². The topological polar surface area (TPSA) is 147 Å². The number of rotatable bonds is 14. The van der Waals surface area contributed by atoms with Crippen LogP contribution in [0.2, 0.25) is 0 Å². The lowest BCUT2D eigenvalue weighted by Crippen LogP contribution is -2.66. The minimum absolute atomic E-state index is 0.0295. The molecule has 0 radical (unpaired) electrons. The minimum atomic E-state index is -4.24. The Morgan fingerprint density at radius 3 is 1.96 bits per heavy atom. The number of hydrogen-bond donors (Lipinski definition) is 2. The van der Waals surface area contributed by atoms with Gasteiger partial charge in [0.2, 0.25) is 5.91 Å². The van der Waals surface area contributed by atoms with Gasteiger partial charge in [0.05, 0.1) is 18.1 Å². The summed E-state index contributed by atoms with van der Waals surface area (Å²) in [6.45, 7) is 4.04. The molecule has 6 atom stereocenters. The Balaban J connectivity index is 1.42. The van der Waals surface area contributed by atoms with E-state index in [0.717, 1.165) is 22.3 Å². The van der Waals surface area contributed by atoms with E-state index in [0.29, 0.717) is 0 Å². The van der Waals surface area contributed by atoms with Crippen LogP contribution in [0.4, 0.5) is 0 Å². The van der Waals surface area contributed by atoms with Gasteiger partial charge in [-0.2, -0.15) is 8.42 Å². The van der Waals surface area contributed by atoms with Gasteiger partial charge < -0.3 is 29.4 Å². The first-order valence-corrected chi connectivity index (χ1v) is 17.6. The summed E-state index contributed by atoms with van der Waals surface area (Å²) in [5.74, 6) is -1.23. The molecule has 4 aromatic rings. The van der Waals surface area contributed by atoms with Crippen LogP contribution in [0.1, 0.15) is 42.2 Å². The third-order valence-corrected chi connectivity index (χ3v) is 9.45. The first kappa shape index (κ1) is 36.8. The molecule has 0 aliphatic carbocycles. The van der Waals surface area contributed by atoms with Gasteiger partial charge in [0.1, 0.15) is 24.4 Å². The third-order valence-electron chi connectivity index (χ3n) is 8.15. The van der Waals surface area contributed by atoms with Gasteiger partial charge in [-0.15, -0.1) is 0 Å². The van der Waals surface area contributed by atoms with Gasteiger partial charge in [0.15, 0.2) is 18.5 Å². The van der Waals surface area contributed by atoms with E-state index in [4.69, 9.17) is 23.1 Å². The monoisotopic (exact) mass is 703 g/mol. The van der Waals surface area contributed by atoms with Gasteiger partial charge >= 0.3 is 5.97 Å². The van der Waals surface area contributed by atoms with E-state index in [9.17, 15) is 23.1 Å². The zero-order chi connectivity index (χ0) is 35.7. The molecule has 1 fully saturated rings. The molecule has 0 spiro atoms. The summed E-state index contributed by atoms with van der Waals surface area (Å²) in [6, 6.07) is 32.6. The molecule has 1 unspecified atom stereocenters. The Bertz CT molecular complexity index is 1750. The van der Waals surface area contributed by atoms with E-state index in [1.165, 1.54) is 26.0 Å². The van der Waals surface area contributed by atoms with Gasteiger partial charge in [-0.05, 0) is 42.7 Å². The number of amides is 1. The largest absolute Gasteiger partial charge is 0.451 e. The lowest BCUT2D eigenvalue weighted by atomic mass is 9.96. The van der Waals surface area contributed by atoms with Gasteiger partial charge in [0.25, 0.3) is 10.1 Å². The van der Waals surface area contributed by atoms with Crippen molar-refractivity contribution in [3.8, 4) is 0 Å². The molecule has 1 aliphatic rings. The number of nitrogens with one attached hydrogen (secondary N) is 1. The summed E-state index contributed by atoms with van der Waals surface area (Å²) in [4.78, 5) is 26.0. The van der Waals surface area contributed by atoms with Crippen LogP contribution in [0, 0.1) is 6.92 Å². The zero-order valence-corrected chi connectivity index (χ0v) is 28.8. The van der Waals surface area contributed by atoms with Crippen LogP contribution < -0.4 is 5.32 Å². The van der Waals surface area contributed by atoms with E-state index in [1.807, 2.05) is 97.9 Å². The van der Waals surface area contributed by atoms with Crippen LogP contribution in [-0.4, -0.2) is 68.8 Å². The summed E-state index contributed by atoms with van der Waals surface area (Å²) in [7, 11) is -4.24. The summed E-state index contributed by atoms with van der Waals surface area (Å²) in [6.07, 6.45) is -7.25. The number of carbonyl (C=O) groups excluding carboxylic acids is 2. The molecule has 11 nitrogen and oxygen atoms in total. The van der Waals surface area contributed by atoms with Crippen molar-refractivity contribution >= 4 is 22.0 Å². The lowest BCUT2D eigenvalue weighted by Gasteiger charge is -2.45. The Kier molecular flexibility index (Phi) is 12.5. The number of aryl methyl sites for hydroxylation is 1. The zero-order valence-electron chi connectivity index (χ0n) is 28.0. The molecule has 12 heteroatoms. The third kappa shape index (κ3) is 9.63. The number of esters is 1. The number of aliphatic hydroxyl groups excluding tert-OH is 1. The molecular formula is C38H41NO10S. The smallest absolute Gasteiger partial charge is 0.335 e. The molecular weight excluding hydrogens is 662 g/mol. The molecule has 1 aliphatic heterocycles. The average Bonchev–Trinajstić information content (AvgIpc) is 3.12. The second-order valence-corrected chi connectivity index (χ2v) is 13.6. The van der Waals surface area contributed by atoms with Gasteiger partial charge in [-0.1, -0.05) is 109 Å². The Morgan fingerprint density at radius 1 is 0.840 bits per heavy atom. The summed E-state index contributed by atoms with van der Waals surface area (Å²) < 4.78 is 56.1. The second kappa shape index (κ2) is 17.0. The number of aliphatic hydroxyl groups is 1.